The smallest absolute Gasteiger partial charge is 0.261 e. The second-order valence-electron chi connectivity index (χ2n) is 12.6. The van der Waals surface area contributed by atoms with Crippen LogP contribution in [0.25, 0.3) is 0 Å². The van der Waals surface area contributed by atoms with Crippen molar-refractivity contribution in [3.63, 3.8) is 0 Å². The van der Waals surface area contributed by atoms with Gasteiger partial charge < -0.3 is 24.0 Å². The van der Waals surface area contributed by atoms with E-state index in [0.717, 1.165) is 12.8 Å². The zero-order chi connectivity index (χ0) is 27.8. The van der Waals surface area contributed by atoms with Crippen LogP contribution < -0.4 is 15.7 Å². The number of hydrogen-bond donors (Lipinski definition) is 1. The Kier molecular flexibility index (Phi) is 10.2. The van der Waals surface area contributed by atoms with Gasteiger partial charge in [-0.05, 0) is 47.7 Å². The molecule has 7 atom stereocenters. The molecule has 2 bridgehead atoms. The summed E-state index contributed by atoms with van der Waals surface area (Å²) >= 11 is 0. The van der Waals surface area contributed by atoms with Crippen LogP contribution in [-0.2, 0) is 23.4 Å². The van der Waals surface area contributed by atoms with Gasteiger partial charge in [0.05, 0.1) is 30.5 Å². The summed E-state index contributed by atoms with van der Waals surface area (Å²) in [6.45, 7) is 15.4. The van der Waals surface area contributed by atoms with E-state index in [1.807, 2.05) is 6.92 Å². The fourth-order valence-electron chi connectivity index (χ4n) is 6.91. The molecule has 40 heavy (non-hydrogen) atoms. The summed E-state index contributed by atoms with van der Waals surface area (Å²) in [6.07, 6.45) is 1.53. The van der Waals surface area contributed by atoms with E-state index < -0.39 is 8.32 Å². The second-order valence-corrected chi connectivity index (χ2v) is 16.8. The zero-order valence-electron chi connectivity index (χ0n) is 24.7. The molecule has 8 heteroatoms. The summed E-state index contributed by atoms with van der Waals surface area (Å²) in [5.41, 5.74) is -0.376. The Morgan fingerprint density at radius 2 is 1.73 bits per heavy atom. The summed E-state index contributed by atoms with van der Waals surface area (Å²) in [5.74, 6) is 0.0503. The van der Waals surface area contributed by atoms with Gasteiger partial charge in [-0.2, -0.15) is 6.61 Å². The fourth-order valence-corrected chi connectivity index (χ4v) is 11.6. The van der Waals surface area contributed by atoms with Crippen molar-refractivity contribution in [3.8, 4) is 0 Å². The standard InChI is InChI=1S/C32H44NO5Si.U/c1-7-32-21-35-28(20-36-32)26(32)19-29(34)33-23(3)30-27(18-22(2)37-30)38-39(31(4,5)6,24-14-10-8-11-15-24)25-16-12-9-13-17-25;/h8-17,20,22-23,26-28,30H,7,18-19,21H2,1-6H3,(H,33,34);/q-1;/t22-,23?,26-,27-,28-,30+,32-;/m0./s1. The Labute approximate surface area is 264 Å². The van der Waals surface area contributed by atoms with Gasteiger partial charge in [0.2, 0.25) is 5.91 Å². The number of hydrogen-bond acceptors (Lipinski definition) is 5. The second kappa shape index (κ2) is 12.7. The van der Waals surface area contributed by atoms with E-state index >= 15 is 0 Å². The third-order valence-electron chi connectivity index (χ3n) is 8.98. The molecule has 216 valence electrons. The third-order valence-corrected chi connectivity index (χ3v) is 14.0. The molecule has 3 fully saturated rings. The van der Waals surface area contributed by atoms with Crippen LogP contribution in [0.15, 0.2) is 60.7 Å². The van der Waals surface area contributed by atoms with Gasteiger partial charge >= 0.3 is 0 Å². The Morgan fingerprint density at radius 3 is 2.23 bits per heavy atom. The van der Waals surface area contributed by atoms with Crippen molar-refractivity contribution < 1.29 is 54.5 Å². The van der Waals surface area contributed by atoms with Crippen LogP contribution in [0.3, 0.4) is 0 Å². The SMILES string of the molecule is CC[C@@]12CO[C@@H]([CH-]O1)[C@@H]2CC(=O)NC(C)[C@H]1O[C@@H](C)C[C@@H]1O[Si](c1ccccc1)(c1ccccc1)C(C)(C)C.[U]. The number of nitrogens with one attached hydrogen (secondary N) is 1. The predicted octanol–water partition coefficient (Wildman–Crippen LogP) is 4.36. The Hall–Kier alpha value is -0.981. The number of benzene rings is 2. The van der Waals surface area contributed by atoms with Crippen molar-refractivity contribution in [1.29, 1.82) is 0 Å². The summed E-state index contributed by atoms with van der Waals surface area (Å²) in [4.78, 5) is 13.3. The largest absolute Gasteiger partial charge is 0.543 e. The number of carbonyl (C=O) groups excluding carboxylic acids is 1. The molecule has 3 heterocycles. The number of rotatable bonds is 9. The van der Waals surface area contributed by atoms with E-state index in [1.54, 1.807) is 6.61 Å². The number of carbonyl (C=O) groups is 1. The van der Waals surface area contributed by atoms with Crippen molar-refractivity contribution in [3.05, 3.63) is 67.3 Å². The van der Waals surface area contributed by atoms with Gasteiger partial charge in [0.25, 0.3) is 8.32 Å². The quantitative estimate of drug-likeness (QED) is 0.303. The number of ether oxygens (including phenoxy) is 3. The van der Waals surface area contributed by atoms with Crippen molar-refractivity contribution in [2.75, 3.05) is 6.61 Å². The van der Waals surface area contributed by atoms with Crippen molar-refractivity contribution in [2.45, 2.75) is 102 Å². The van der Waals surface area contributed by atoms with Gasteiger partial charge in [-0.25, -0.2) is 0 Å². The minimum Gasteiger partial charge on any atom is -0.543 e. The molecule has 0 radical (unpaired) electrons. The molecule has 1 unspecified atom stereocenters. The van der Waals surface area contributed by atoms with Gasteiger partial charge in [0, 0.05) is 44.0 Å². The molecule has 1 N–H and O–H groups in total. The van der Waals surface area contributed by atoms with Gasteiger partial charge in [0.1, 0.15) is 6.10 Å². The average molecular weight is 789 g/mol. The van der Waals surface area contributed by atoms with Crippen LogP contribution in [0.1, 0.15) is 60.8 Å². The maximum absolute atomic E-state index is 13.3. The van der Waals surface area contributed by atoms with Gasteiger partial charge in [-0.1, -0.05) is 88.4 Å². The zero-order valence-corrected chi connectivity index (χ0v) is 29.8. The van der Waals surface area contributed by atoms with Crippen molar-refractivity contribution >= 4 is 24.6 Å². The van der Waals surface area contributed by atoms with Gasteiger partial charge in [-0.15, -0.1) is 0 Å². The molecule has 0 aromatic heterocycles. The molecular formula is C32H44NO5SiU-. The molecule has 3 aliphatic rings. The van der Waals surface area contributed by atoms with E-state index in [2.05, 4.69) is 101 Å². The summed E-state index contributed by atoms with van der Waals surface area (Å²) in [5, 5.41) is 5.62. The molecule has 0 aliphatic carbocycles. The monoisotopic (exact) mass is 788 g/mol. The summed E-state index contributed by atoms with van der Waals surface area (Å²) in [6, 6.07) is 21.2. The van der Waals surface area contributed by atoms with E-state index in [1.165, 1.54) is 10.4 Å². The minimum atomic E-state index is -2.76. The van der Waals surface area contributed by atoms with Crippen LogP contribution in [-0.4, -0.2) is 56.9 Å². The Morgan fingerprint density at radius 1 is 1.12 bits per heavy atom. The maximum Gasteiger partial charge on any atom is 0.261 e. The topological polar surface area (TPSA) is 66.0 Å². The molecule has 0 saturated carbocycles. The Bertz CT molecular complexity index is 1080. The maximum atomic E-state index is 13.3. The molecule has 2 aromatic rings. The van der Waals surface area contributed by atoms with Crippen LogP contribution in [0.2, 0.25) is 5.04 Å². The summed E-state index contributed by atoms with van der Waals surface area (Å²) < 4.78 is 25.7. The van der Waals surface area contributed by atoms with Gasteiger partial charge in [0.15, 0.2) is 0 Å². The molecule has 6 nitrogen and oxygen atoms in total. The molecule has 0 spiro atoms. The van der Waals surface area contributed by atoms with Crippen LogP contribution in [0, 0.1) is 43.6 Å². The van der Waals surface area contributed by atoms with Crippen molar-refractivity contribution in [2.24, 2.45) is 5.92 Å². The first-order valence-electron chi connectivity index (χ1n) is 14.5. The fraction of sp³-hybridized carbons (Fsp3) is 0.562. The minimum absolute atomic E-state index is 0. The third kappa shape index (κ3) is 5.93. The molecular weight excluding hydrogens is 744 g/mol. The summed E-state index contributed by atoms with van der Waals surface area (Å²) in [7, 11) is -2.76. The van der Waals surface area contributed by atoms with Crippen molar-refractivity contribution in [1.82, 2.24) is 5.32 Å². The van der Waals surface area contributed by atoms with E-state index in [-0.39, 0.29) is 84.0 Å². The van der Waals surface area contributed by atoms with Crippen LogP contribution in [0.5, 0.6) is 0 Å². The van der Waals surface area contributed by atoms with E-state index in [9.17, 15) is 4.79 Å². The first-order chi connectivity index (χ1) is 18.6. The Balaban J connectivity index is 0.00000370. The molecule has 2 aromatic carbocycles. The normalized spacial score (nSPS) is 30.6. The van der Waals surface area contributed by atoms with Gasteiger partial charge in [-0.3, -0.25) is 4.79 Å². The molecule has 3 saturated heterocycles. The van der Waals surface area contributed by atoms with E-state index in [0.29, 0.717) is 13.0 Å². The molecule has 3 aliphatic heterocycles. The first kappa shape index (κ1) is 31.9. The predicted molar refractivity (Wildman–Crippen MR) is 155 cm³/mol. The number of amides is 1. The van der Waals surface area contributed by atoms with E-state index in [4.69, 9.17) is 18.6 Å². The average Bonchev–Trinajstić information content (AvgIpc) is 3.58. The van der Waals surface area contributed by atoms with Crippen LogP contribution in [0.4, 0.5) is 0 Å². The van der Waals surface area contributed by atoms with Crippen LogP contribution >= 0.6 is 0 Å². The molecule has 5 rings (SSSR count). The molecule has 1 amide bonds. The number of fused-ring (bicyclic) bond motifs is 2. The first-order valence-corrected chi connectivity index (χ1v) is 16.4.